The molecule has 11 heteroatoms. The van der Waals surface area contributed by atoms with Crippen molar-refractivity contribution in [3.63, 3.8) is 0 Å². The van der Waals surface area contributed by atoms with Crippen LogP contribution in [0.25, 0.3) is 0 Å². The molecule has 1 heterocycles. The Kier molecular flexibility index (Phi) is 10.4. The first kappa shape index (κ1) is 30.1. The minimum atomic E-state index is -3.63. The van der Waals surface area contributed by atoms with Crippen LogP contribution in [0.4, 0.5) is 5.69 Å². The lowest BCUT2D eigenvalue weighted by atomic mass is 10.1. The molecule has 2 aromatic carbocycles. The molecule has 1 N–H and O–H groups in total. The quantitative estimate of drug-likeness (QED) is 0.374. The Bertz CT molecular complexity index is 1250. The fourth-order valence-electron chi connectivity index (χ4n) is 4.37. The number of ether oxygens (including phenoxy) is 3. The summed E-state index contributed by atoms with van der Waals surface area (Å²) in [5, 5.41) is 2.99. The largest absolute Gasteiger partial charge is 0.497 e. The second-order valence-corrected chi connectivity index (χ2v) is 11.5. The van der Waals surface area contributed by atoms with Gasteiger partial charge in [-0.25, -0.2) is 8.42 Å². The molecule has 2 aromatic rings. The summed E-state index contributed by atoms with van der Waals surface area (Å²) in [6, 6.07) is 11.6. The zero-order valence-electron chi connectivity index (χ0n) is 23.3. The van der Waals surface area contributed by atoms with E-state index in [1.165, 1.54) is 4.31 Å². The van der Waals surface area contributed by atoms with Crippen LogP contribution in [0.15, 0.2) is 42.5 Å². The maximum Gasteiger partial charge on any atom is 0.243 e. The van der Waals surface area contributed by atoms with Crippen LogP contribution in [0.1, 0.15) is 52.0 Å². The van der Waals surface area contributed by atoms with E-state index in [1.54, 1.807) is 30.2 Å². The molecule has 0 spiro atoms. The van der Waals surface area contributed by atoms with Gasteiger partial charge < -0.3 is 24.4 Å². The first-order chi connectivity index (χ1) is 18.6. The number of methoxy groups -OCH3 is 1. The van der Waals surface area contributed by atoms with Crippen LogP contribution < -0.4 is 23.8 Å². The van der Waals surface area contributed by atoms with Gasteiger partial charge in [0.25, 0.3) is 0 Å². The van der Waals surface area contributed by atoms with Crippen LogP contribution >= 0.6 is 0 Å². The standard InChI is InChI=1S/C28H39N3O7S/c1-6-20(3)29-28(33)24(7-2)30(18-21-10-8-11-23(16-21)36-4)27(32)12-9-15-31(39(5,34)35)22-13-14-25-26(17-22)38-19-37-25/h8,10-11,13-14,16-17,20,24H,6-7,9,12,15,18-19H2,1-5H3,(H,29,33)/t20-,24-/m1/s1. The molecule has 39 heavy (non-hydrogen) atoms. The van der Waals surface area contributed by atoms with E-state index in [-0.39, 0.29) is 50.6 Å². The van der Waals surface area contributed by atoms with Crippen LogP contribution in [0.3, 0.4) is 0 Å². The van der Waals surface area contributed by atoms with Crippen molar-refractivity contribution in [1.82, 2.24) is 10.2 Å². The fraction of sp³-hybridized carbons (Fsp3) is 0.500. The lowest BCUT2D eigenvalue weighted by Crippen LogP contribution is -2.50. The van der Waals surface area contributed by atoms with Gasteiger partial charge in [0, 0.05) is 31.6 Å². The summed E-state index contributed by atoms with van der Waals surface area (Å²) in [5.41, 5.74) is 1.26. The average molecular weight is 562 g/mol. The van der Waals surface area contributed by atoms with Gasteiger partial charge in [0.1, 0.15) is 11.8 Å². The van der Waals surface area contributed by atoms with Crippen molar-refractivity contribution < 1.29 is 32.2 Å². The summed E-state index contributed by atoms with van der Waals surface area (Å²) in [6.07, 6.45) is 2.66. The van der Waals surface area contributed by atoms with Crippen LogP contribution in [0.5, 0.6) is 17.2 Å². The number of carbonyl (C=O) groups excluding carboxylic acids is 2. The molecule has 0 bridgehead atoms. The Morgan fingerprint density at radius 3 is 2.49 bits per heavy atom. The Morgan fingerprint density at radius 1 is 1.08 bits per heavy atom. The van der Waals surface area contributed by atoms with Crippen LogP contribution in [0, 0.1) is 0 Å². The van der Waals surface area contributed by atoms with Crippen molar-refractivity contribution in [3.05, 3.63) is 48.0 Å². The number of fused-ring (bicyclic) bond motifs is 1. The Labute approximate surface area is 231 Å². The van der Waals surface area contributed by atoms with Gasteiger partial charge in [0.15, 0.2) is 11.5 Å². The van der Waals surface area contributed by atoms with E-state index in [2.05, 4.69) is 5.32 Å². The number of hydrogen-bond donors (Lipinski definition) is 1. The second kappa shape index (κ2) is 13.5. The van der Waals surface area contributed by atoms with Gasteiger partial charge in [-0.2, -0.15) is 0 Å². The smallest absolute Gasteiger partial charge is 0.243 e. The van der Waals surface area contributed by atoms with Crippen molar-refractivity contribution in [1.29, 1.82) is 0 Å². The van der Waals surface area contributed by atoms with Gasteiger partial charge in [-0.05, 0) is 56.0 Å². The van der Waals surface area contributed by atoms with E-state index >= 15 is 0 Å². The molecule has 0 unspecified atom stereocenters. The van der Waals surface area contributed by atoms with Crippen molar-refractivity contribution >= 4 is 27.5 Å². The van der Waals surface area contributed by atoms with E-state index in [0.29, 0.717) is 29.4 Å². The number of benzene rings is 2. The molecule has 2 atom stereocenters. The highest BCUT2D eigenvalue weighted by Gasteiger charge is 2.29. The molecule has 0 aromatic heterocycles. The molecule has 214 valence electrons. The van der Waals surface area contributed by atoms with Gasteiger partial charge in [0.05, 0.1) is 19.1 Å². The maximum absolute atomic E-state index is 13.6. The number of hydrogen-bond acceptors (Lipinski definition) is 7. The highest BCUT2D eigenvalue weighted by atomic mass is 32.2. The fourth-order valence-corrected chi connectivity index (χ4v) is 5.33. The minimum Gasteiger partial charge on any atom is -0.497 e. The number of rotatable bonds is 14. The predicted octanol–water partition coefficient (Wildman–Crippen LogP) is 3.69. The molecule has 0 saturated carbocycles. The first-order valence-electron chi connectivity index (χ1n) is 13.2. The molecule has 0 aliphatic carbocycles. The topological polar surface area (TPSA) is 114 Å². The summed E-state index contributed by atoms with van der Waals surface area (Å²) in [4.78, 5) is 28.3. The number of nitrogens with zero attached hydrogens (tertiary/aromatic N) is 2. The Morgan fingerprint density at radius 2 is 1.82 bits per heavy atom. The van der Waals surface area contributed by atoms with E-state index in [1.807, 2.05) is 45.0 Å². The van der Waals surface area contributed by atoms with Gasteiger partial charge in [0.2, 0.25) is 28.6 Å². The average Bonchev–Trinajstić information content (AvgIpc) is 3.38. The number of carbonyl (C=O) groups is 2. The normalized spacial score (nSPS) is 13.9. The molecular formula is C28H39N3O7S. The van der Waals surface area contributed by atoms with Gasteiger partial charge >= 0.3 is 0 Å². The third-order valence-electron chi connectivity index (χ3n) is 6.67. The lowest BCUT2D eigenvalue weighted by molar-refractivity contribution is -0.141. The van der Waals surface area contributed by atoms with E-state index < -0.39 is 16.1 Å². The maximum atomic E-state index is 13.6. The summed E-state index contributed by atoms with van der Waals surface area (Å²) >= 11 is 0. The molecule has 3 rings (SSSR count). The zero-order chi connectivity index (χ0) is 28.6. The monoisotopic (exact) mass is 561 g/mol. The molecular weight excluding hydrogens is 522 g/mol. The Hall–Kier alpha value is -3.47. The van der Waals surface area contributed by atoms with E-state index in [9.17, 15) is 18.0 Å². The highest BCUT2D eigenvalue weighted by molar-refractivity contribution is 7.92. The van der Waals surface area contributed by atoms with Crippen LogP contribution in [-0.2, 0) is 26.2 Å². The predicted molar refractivity (Wildman–Crippen MR) is 150 cm³/mol. The molecule has 0 saturated heterocycles. The van der Waals surface area contributed by atoms with Gasteiger partial charge in [-0.3, -0.25) is 13.9 Å². The number of sulfonamides is 1. The highest BCUT2D eigenvalue weighted by Crippen LogP contribution is 2.36. The second-order valence-electron chi connectivity index (χ2n) is 9.59. The molecule has 1 aliphatic rings. The number of anilines is 1. The molecule has 10 nitrogen and oxygen atoms in total. The first-order valence-corrected chi connectivity index (χ1v) is 15.0. The zero-order valence-corrected chi connectivity index (χ0v) is 24.1. The van der Waals surface area contributed by atoms with Crippen molar-refractivity contribution in [2.45, 2.75) is 65.1 Å². The van der Waals surface area contributed by atoms with Crippen LogP contribution in [-0.4, -0.2) is 63.9 Å². The van der Waals surface area contributed by atoms with Crippen molar-refractivity contribution in [3.8, 4) is 17.2 Å². The molecule has 1 aliphatic heterocycles. The van der Waals surface area contributed by atoms with Crippen molar-refractivity contribution in [2.24, 2.45) is 0 Å². The lowest BCUT2D eigenvalue weighted by Gasteiger charge is -2.32. The summed E-state index contributed by atoms with van der Waals surface area (Å²) < 4.78 is 42.5. The minimum absolute atomic E-state index is 0.0228. The van der Waals surface area contributed by atoms with E-state index in [4.69, 9.17) is 14.2 Å². The third kappa shape index (κ3) is 8.01. The summed E-state index contributed by atoms with van der Waals surface area (Å²) in [6.45, 7) is 6.18. The number of nitrogens with one attached hydrogen (secondary N) is 1. The SMILES string of the molecule is CC[C@@H](C)NC(=O)[C@@H](CC)N(Cc1cccc(OC)c1)C(=O)CCCN(c1ccc2c(c1)OCO2)S(C)(=O)=O. The number of amides is 2. The Balaban J connectivity index is 1.78. The third-order valence-corrected chi connectivity index (χ3v) is 7.86. The van der Waals surface area contributed by atoms with Crippen molar-refractivity contribution in [2.75, 3.05) is 31.0 Å². The van der Waals surface area contributed by atoms with Crippen LogP contribution in [0.2, 0.25) is 0 Å². The molecule has 2 amide bonds. The summed E-state index contributed by atoms with van der Waals surface area (Å²) in [5.74, 6) is 1.24. The molecule has 0 radical (unpaired) electrons. The van der Waals surface area contributed by atoms with Gasteiger partial charge in [-0.15, -0.1) is 0 Å². The summed E-state index contributed by atoms with van der Waals surface area (Å²) in [7, 11) is -2.05. The molecule has 0 fully saturated rings. The van der Waals surface area contributed by atoms with Gasteiger partial charge in [-0.1, -0.05) is 26.0 Å². The van der Waals surface area contributed by atoms with E-state index in [0.717, 1.165) is 18.2 Å².